The van der Waals surface area contributed by atoms with Gasteiger partial charge in [0.2, 0.25) is 17.7 Å². The lowest BCUT2D eigenvalue weighted by Crippen LogP contribution is -2.58. The van der Waals surface area contributed by atoms with Crippen molar-refractivity contribution in [1.29, 1.82) is 0 Å². The number of nitrogens with two attached hydrogens (primary N) is 1. The molecule has 0 spiro atoms. The molecule has 3 aromatic heterocycles. The average Bonchev–Trinajstić information content (AvgIpc) is 4.00. The van der Waals surface area contributed by atoms with E-state index in [9.17, 15) is 38.7 Å². The van der Waals surface area contributed by atoms with E-state index in [2.05, 4.69) is 62.6 Å². The standard InChI is InChI=1S/C56H62N12O8/c1-31-22-36(15-17-64(31)37-8-9-39-40(25-37)53(74)68(52(39)73)44-11-13-48(71)61-51(44)72)63-18-19-65(32(2)28-63)43-10-7-35(23-33(43)6-12-47(57)70)59-49-55(76)62(5)29-42(60-49)38-14-16-58-50(41(38)30-69)67-21-20-66-45(54(67)75)24-34-26-56(3,4)27-46(34)66/h6-10,12,14,16,23-25,29,31-32,36,44,69H,11,13,15,17-22,26-28,30H2,1-5H3,(H2,57,70)(H,59,60)(H,61,71,72)/t31-,32+,36?,44?/m1/s1. The molecule has 394 valence electrons. The molecule has 3 fully saturated rings. The molecule has 0 bridgehead atoms. The Labute approximate surface area is 439 Å². The summed E-state index contributed by atoms with van der Waals surface area (Å²) < 4.78 is 3.55. The predicted molar refractivity (Wildman–Crippen MR) is 285 cm³/mol. The highest BCUT2D eigenvalue weighted by atomic mass is 16.3. The van der Waals surface area contributed by atoms with Crippen molar-refractivity contribution in [2.75, 3.05) is 52.7 Å². The monoisotopic (exact) mass is 1030 g/mol. The summed E-state index contributed by atoms with van der Waals surface area (Å²) in [7, 11) is 1.63. The van der Waals surface area contributed by atoms with Crippen LogP contribution in [0.4, 0.5) is 28.7 Å². The molecule has 5 N–H and O–H groups in total. The predicted octanol–water partition coefficient (Wildman–Crippen LogP) is 4.13. The van der Waals surface area contributed by atoms with Crippen LogP contribution in [0.15, 0.2) is 71.8 Å². The number of pyridine rings is 1. The zero-order valence-corrected chi connectivity index (χ0v) is 43.3. The molecule has 1 aliphatic carbocycles. The summed E-state index contributed by atoms with van der Waals surface area (Å²) in [5.74, 6) is -2.52. The lowest BCUT2D eigenvalue weighted by atomic mass is 9.90. The van der Waals surface area contributed by atoms with E-state index in [0.717, 1.165) is 61.6 Å². The summed E-state index contributed by atoms with van der Waals surface area (Å²) in [5, 5.41) is 16.3. The smallest absolute Gasteiger partial charge is 0.293 e. The number of rotatable bonds is 11. The maximum Gasteiger partial charge on any atom is 0.293 e. The summed E-state index contributed by atoms with van der Waals surface area (Å²) in [6.07, 6.45) is 9.90. The second-order valence-electron chi connectivity index (χ2n) is 21.9. The number of aliphatic hydroxyl groups is 1. The number of primary amides is 1. The van der Waals surface area contributed by atoms with Crippen LogP contribution in [0.25, 0.3) is 17.3 Å². The molecule has 5 aliphatic heterocycles. The minimum Gasteiger partial charge on any atom is -0.392 e. The molecule has 0 saturated carbocycles. The van der Waals surface area contributed by atoms with Gasteiger partial charge < -0.3 is 35.1 Å². The van der Waals surface area contributed by atoms with Crippen molar-refractivity contribution in [3.8, 4) is 11.3 Å². The van der Waals surface area contributed by atoms with Crippen molar-refractivity contribution in [3.05, 3.63) is 117 Å². The number of nitrogens with zero attached hydrogens (tertiary/aromatic N) is 9. The SMILES string of the molecule is C[C@@H]1CC(N2CCN(c3ccc(Nc4nc(-c5ccnc(N6CCn7c(cc8c7CC(C)(C)C8)C6=O)c5CO)cn(C)c4=O)cc3C=CC(N)=O)[C@@H](C)C2)CCN1c1ccc2c(c1)C(=O)N(C1CCC(=O)NC1=O)C2=O. The highest BCUT2D eigenvalue weighted by Gasteiger charge is 2.45. The summed E-state index contributed by atoms with van der Waals surface area (Å²) in [6, 6.07) is 14.2. The Morgan fingerprint density at radius 3 is 2.43 bits per heavy atom. The van der Waals surface area contributed by atoms with Crippen LogP contribution in [0.3, 0.4) is 0 Å². The van der Waals surface area contributed by atoms with Crippen LogP contribution in [0.2, 0.25) is 0 Å². The zero-order valence-electron chi connectivity index (χ0n) is 43.3. The van der Waals surface area contributed by atoms with Gasteiger partial charge in [0.15, 0.2) is 5.82 Å². The fourth-order valence-corrected chi connectivity index (χ4v) is 12.6. The Balaban J connectivity index is 0.775. The maximum absolute atomic E-state index is 14.1. The number of aliphatic hydroxyl groups excluding tert-OH is 1. The fourth-order valence-electron chi connectivity index (χ4n) is 12.6. The fraction of sp³-hybridized carbons (Fsp3) is 0.411. The van der Waals surface area contributed by atoms with Crippen LogP contribution in [-0.2, 0) is 47.4 Å². The van der Waals surface area contributed by atoms with Crippen molar-refractivity contribution in [1.82, 2.24) is 34.2 Å². The van der Waals surface area contributed by atoms with Crippen molar-refractivity contribution in [2.45, 2.75) is 104 Å². The van der Waals surface area contributed by atoms with Crippen molar-refractivity contribution < 1.29 is 33.9 Å². The van der Waals surface area contributed by atoms with E-state index < -0.39 is 47.7 Å². The van der Waals surface area contributed by atoms with Crippen LogP contribution in [0.5, 0.6) is 0 Å². The minimum absolute atomic E-state index is 0.0302. The number of piperazine rings is 1. The number of anilines is 5. The minimum atomic E-state index is -1.02. The van der Waals surface area contributed by atoms with Gasteiger partial charge in [-0.25, -0.2) is 9.97 Å². The number of fused-ring (bicyclic) bond motifs is 4. The van der Waals surface area contributed by atoms with Gasteiger partial charge in [0.1, 0.15) is 17.6 Å². The summed E-state index contributed by atoms with van der Waals surface area (Å²) in [4.78, 5) is 110. The summed E-state index contributed by atoms with van der Waals surface area (Å²) in [6.45, 7) is 12.4. The first kappa shape index (κ1) is 50.2. The molecule has 20 heteroatoms. The number of aromatic nitrogens is 4. The molecule has 2 aromatic carbocycles. The molecule has 3 saturated heterocycles. The Morgan fingerprint density at radius 1 is 0.882 bits per heavy atom. The van der Waals surface area contributed by atoms with Crippen molar-refractivity contribution >= 4 is 70.2 Å². The average molecular weight is 1030 g/mol. The number of aryl methyl sites for hydroxylation is 1. The number of benzene rings is 2. The van der Waals surface area contributed by atoms with E-state index in [1.807, 2.05) is 30.3 Å². The lowest BCUT2D eigenvalue weighted by Gasteiger charge is -2.48. The molecule has 11 rings (SSSR count). The first-order valence-electron chi connectivity index (χ1n) is 26.1. The van der Waals surface area contributed by atoms with Crippen LogP contribution < -0.4 is 36.6 Å². The van der Waals surface area contributed by atoms with Crippen molar-refractivity contribution in [2.24, 2.45) is 18.2 Å². The van der Waals surface area contributed by atoms with Gasteiger partial charge in [-0.2, -0.15) is 0 Å². The second kappa shape index (κ2) is 19.3. The zero-order chi connectivity index (χ0) is 53.5. The van der Waals surface area contributed by atoms with Gasteiger partial charge in [-0.05, 0) is 112 Å². The number of piperidine rings is 2. The Morgan fingerprint density at radius 2 is 1.68 bits per heavy atom. The van der Waals surface area contributed by atoms with Gasteiger partial charge in [-0.3, -0.25) is 53.6 Å². The van der Waals surface area contributed by atoms with Crippen LogP contribution in [-0.4, -0.2) is 126 Å². The first-order valence-corrected chi connectivity index (χ1v) is 26.1. The number of imide groups is 2. The lowest BCUT2D eigenvalue weighted by molar-refractivity contribution is -0.136. The maximum atomic E-state index is 14.1. The van der Waals surface area contributed by atoms with E-state index in [1.165, 1.54) is 21.9 Å². The van der Waals surface area contributed by atoms with Gasteiger partial charge in [0.25, 0.3) is 23.3 Å². The highest BCUT2D eigenvalue weighted by Crippen LogP contribution is 2.41. The van der Waals surface area contributed by atoms with Crippen LogP contribution in [0.1, 0.15) is 107 Å². The Hall–Kier alpha value is -7.97. The Kier molecular flexibility index (Phi) is 12.8. The third-order valence-corrected chi connectivity index (χ3v) is 16.2. The third-order valence-electron chi connectivity index (χ3n) is 16.2. The molecular formula is C56H62N12O8. The molecule has 2 unspecified atom stereocenters. The van der Waals surface area contributed by atoms with Gasteiger partial charge in [-0.1, -0.05) is 13.8 Å². The quantitative estimate of drug-likeness (QED) is 0.108. The molecule has 8 heterocycles. The molecule has 5 aromatic rings. The molecule has 0 radical (unpaired) electrons. The molecule has 20 nitrogen and oxygen atoms in total. The number of amides is 6. The first-order chi connectivity index (χ1) is 36.4. The molecule has 6 amide bonds. The topological polar surface area (TPSA) is 242 Å². The van der Waals surface area contributed by atoms with Crippen LogP contribution in [0, 0.1) is 5.41 Å². The van der Waals surface area contributed by atoms with E-state index in [0.29, 0.717) is 65.3 Å². The molecular weight excluding hydrogens is 969 g/mol. The van der Waals surface area contributed by atoms with Gasteiger partial charge in [0, 0.05) is 129 Å². The summed E-state index contributed by atoms with van der Waals surface area (Å²) >= 11 is 0. The second-order valence-corrected chi connectivity index (χ2v) is 21.9. The normalized spacial score (nSPS) is 22.6. The largest absolute Gasteiger partial charge is 0.392 e. The molecule has 6 aliphatic rings. The van der Waals surface area contributed by atoms with Crippen LogP contribution >= 0.6 is 0 Å². The van der Waals surface area contributed by atoms with Crippen molar-refractivity contribution in [3.63, 3.8) is 0 Å². The number of carbonyl (C=O) groups excluding carboxylic acids is 6. The summed E-state index contributed by atoms with van der Waals surface area (Å²) in [5.41, 5.74) is 13.2. The Bertz CT molecular complexity index is 3380. The van der Waals surface area contributed by atoms with E-state index in [-0.39, 0.29) is 53.2 Å². The van der Waals surface area contributed by atoms with Gasteiger partial charge >= 0.3 is 0 Å². The number of hydrogen-bond acceptors (Lipinski definition) is 14. The number of carbonyl (C=O) groups is 6. The number of hydrogen-bond donors (Lipinski definition) is 4. The third kappa shape index (κ3) is 8.91. The van der Waals surface area contributed by atoms with E-state index >= 15 is 0 Å². The van der Waals surface area contributed by atoms with E-state index in [4.69, 9.17) is 10.7 Å². The molecule has 4 atom stereocenters. The molecule has 76 heavy (non-hydrogen) atoms. The highest BCUT2D eigenvalue weighted by molar-refractivity contribution is 6.23. The number of nitrogens with one attached hydrogen (secondary N) is 2. The van der Waals surface area contributed by atoms with Gasteiger partial charge in [-0.15, -0.1) is 0 Å². The van der Waals surface area contributed by atoms with Gasteiger partial charge in [0.05, 0.1) is 23.4 Å². The van der Waals surface area contributed by atoms with E-state index in [1.54, 1.807) is 48.6 Å².